The Hall–Kier alpha value is 0.0500. The lowest BCUT2D eigenvalue weighted by molar-refractivity contribution is 0.320. The zero-order valence-electron chi connectivity index (χ0n) is 10.9. The van der Waals surface area contributed by atoms with Crippen LogP contribution in [0, 0.1) is 5.41 Å². The van der Waals surface area contributed by atoms with E-state index in [9.17, 15) is 0 Å². The number of hydrogen-bond acceptors (Lipinski definition) is 1. The van der Waals surface area contributed by atoms with E-state index in [4.69, 9.17) is 0 Å². The second-order valence-electron chi connectivity index (χ2n) is 4.74. The fourth-order valence-corrected chi connectivity index (χ4v) is 4.49. The standard InChI is InChI=1S/C15H23BrS/c1-3-10-15(12-16,11-4-2)13-17-14-8-6-5-7-9-14/h5-9H,3-4,10-13H2,1-2H3. The molecular formula is C15H23BrS. The molecular weight excluding hydrogens is 292 g/mol. The van der Waals surface area contributed by atoms with E-state index in [2.05, 4.69) is 60.1 Å². The van der Waals surface area contributed by atoms with Crippen molar-refractivity contribution in [1.29, 1.82) is 0 Å². The Balaban J connectivity index is 2.59. The summed E-state index contributed by atoms with van der Waals surface area (Å²) in [6.07, 6.45) is 5.21. The summed E-state index contributed by atoms with van der Waals surface area (Å²) in [4.78, 5) is 1.39. The van der Waals surface area contributed by atoms with E-state index < -0.39 is 0 Å². The molecule has 0 aliphatic rings. The molecule has 0 saturated heterocycles. The molecule has 0 unspecified atom stereocenters. The summed E-state index contributed by atoms with van der Waals surface area (Å²) in [5.74, 6) is 1.23. The summed E-state index contributed by atoms with van der Waals surface area (Å²) in [7, 11) is 0. The van der Waals surface area contributed by atoms with Crippen molar-refractivity contribution < 1.29 is 0 Å². The van der Waals surface area contributed by atoms with Crippen LogP contribution < -0.4 is 0 Å². The van der Waals surface area contributed by atoms with Gasteiger partial charge in [-0.3, -0.25) is 0 Å². The van der Waals surface area contributed by atoms with Crippen LogP contribution in [0.1, 0.15) is 39.5 Å². The minimum Gasteiger partial charge on any atom is -0.126 e. The van der Waals surface area contributed by atoms with Crippen molar-refractivity contribution in [1.82, 2.24) is 0 Å². The van der Waals surface area contributed by atoms with Gasteiger partial charge in [-0.15, -0.1) is 11.8 Å². The Labute approximate surface area is 119 Å². The van der Waals surface area contributed by atoms with Crippen LogP contribution in [-0.4, -0.2) is 11.1 Å². The monoisotopic (exact) mass is 314 g/mol. The van der Waals surface area contributed by atoms with Gasteiger partial charge in [-0.1, -0.05) is 60.8 Å². The smallest absolute Gasteiger partial charge is 0.00959 e. The van der Waals surface area contributed by atoms with Gasteiger partial charge in [0, 0.05) is 16.0 Å². The highest BCUT2D eigenvalue weighted by molar-refractivity contribution is 9.09. The zero-order valence-corrected chi connectivity index (χ0v) is 13.3. The number of hydrogen-bond donors (Lipinski definition) is 0. The highest BCUT2D eigenvalue weighted by atomic mass is 79.9. The molecule has 0 nitrogen and oxygen atoms in total. The van der Waals surface area contributed by atoms with E-state index >= 15 is 0 Å². The molecule has 0 atom stereocenters. The molecule has 0 spiro atoms. The maximum absolute atomic E-state index is 3.74. The molecule has 1 aromatic carbocycles. The molecule has 0 radical (unpaired) electrons. The molecule has 1 rings (SSSR count). The Morgan fingerprint density at radius 2 is 1.65 bits per heavy atom. The third-order valence-corrected chi connectivity index (χ3v) is 5.68. The summed E-state index contributed by atoms with van der Waals surface area (Å²) >= 11 is 5.74. The largest absolute Gasteiger partial charge is 0.126 e. The fourth-order valence-electron chi connectivity index (χ4n) is 2.26. The van der Waals surface area contributed by atoms with Crippen molar-refractivity contribution in [3.05, 3.63) is 30.3 Å². The molecule has 1 aromatic rings. The first-order valence-electron chi connectivity index (χ1n) is 6.50. The van der Waals surface area contributed by atoms with E-state index in [1.807, 2.05) is 11.8 Å². The van der Waals surface area contributed by atoms with Gasteiger partial charge in [-0.2, -0.15) is 0 Å². The van der Waals surface area contributed by atoms with Crippen LogP contribution in [0.5, 0.6) is 0 Å². The van der Waals surface area contributed by atoms with Crippen LogP contribution >= 0.6 is 27.7 Å². The van der Waals surface area contributed by atoms with E-state index in [1.54, 1.807) is 0 Å². The van der Waals surface area contributed by atoms with Crippen molar-refractivity contribution >= 4 is 27.7 Å². The predicted octanol–water partition coefficient (Wildman–Crippen LogP) is 5.76. The highest BCUT2D eigenvalue weighted by Gasteiger charge is 2.27. The lowest BCUT2D eigenvalue weighted by atomic mass is 9.83. The minimum atomic E-state index is 0.476. The van der Waals surface area contributed by atoms with Crippen LogP contribution in [0.4, 0.5) is 0 Å². The van der Waals surface area contributed by atoms with Gasteiger partial charge in [-0.05, 0) is 30.4 Å². The molecule has 0 fully saturated rings. The Morgan fingerprint density at radius 1 is 1.06 bits per heavy atom. The fraction of sp³-hybridized carbons (Fsp3) is 0.600. The molecule has 0 aromatic heterocycles. The average molecular weight is 315 g/mol. The quantitative estimate of drug-likeness (QED) is 0.434. The van der Waals surface area contributed by atoms with Gasteiger partial charge in [0.15, 0.2) is 0 Å². The molecule has 17 heavy (non-hydrogen) atoms. The first-order valence-corrected chi connectivity index (χ1v) is 8.61. The van der Waals surface area contributed by atoms with Gasteiger partial charge < -0.3 is 0 Å². The number of rotatable bonds is 8. The number of alkyl halides is 1. The van der Waals surface area contributed by atoms with Crippen molar-refractivity contribution in [2.24, 2.45) is 5.41 Å². The first-order chi connectivity index (χ1) is 8.26. The maximum Gasteiger partial charge on any atom is 0.00959 e. The second-order valence-corrected chi connectivity index (χ2v) is 6.34. The Kier molecular flexibility index (Phi) is 7.29. The van der Waals surface area contributed by atoms with Gasteiger partial charge in [0.05, 0.1) is 0 Å². The van der Waals surface area contributed by atoms with Crippen LogP contribution in [0.15, 0.2) is 35.2 Å². The summed E-state index contributed by atoms with van der Waals surface area (Å²) in [5.41, 5.74) is 0.476. The molecule has 0 saturated carbocycles. The first kappa shape index (κ1) is 15.1. The van der Waals surface area contributed by atoms with E-state index in [-0.39, 0.29) is 0 Å². The topological polar surface area (TPSA) is 0 Å². The lowest BCUT2D eigenvalue weighted by Gasteiger charge is -2.31. The second kappa shape index (κ2) is 8.20. The summed E-state index contributed by atoms with van der Waals surface area (Å²) in [5, 5.41) is 1.13. The van der Waals surface area contributed by atoms with E-state index in [0.29, 0.717) is 5.41 Å². The summed E-state index contributed by atoms with van der Waals surface area (Å²) < 4.78 is 0. The molecule has 0 N–H and O–H groups in total. The van der Waals surface area contributed by atoms with Gasteiger partial charge in [0.25, 0.3) is 0 Å². The SMILES string of the molecule is CCCC(CBr)(CCC)CSc1ccccc1. The molecule has 0 amide bonds. The third-order valence-electron chi connectivity index (χ3n) is 3.13. The molecule has 2 heteroatoms. The number of thioether (sulfide) groups is 1. The van der Waals surface area contributed by atoms with Gasteiger partial charge in [0.2, 0.25) is 0 Å². The van der Waals surface area contributed by atoms with E-state index in [0.717, 1.165) is 5.33 Å². The van der Waals surface area contributed by atoms with Crippen LogP contribution in [0.25, 0.3) is 0 Å². The van der Waals surface area contributed by atoms with Gasteiger partial charge in [0.1, 0.15) is 0 Å². The Bertz CT molecular complexity index is 291. The molecule has 96 valence electrons. The average Bonchev–Trinajstić information content (AvgIpc) is 2.38. The van der Waals surface area contributed by atoms with Crippen molar-refractivity contribution in [2.45, 2.75) is 44.4 Å². The van der Waals surface area contributed by atoms with Crippen LogP contribution in [-0.2, 0) is 0 Å². The van der Waals surface area contributed by atoms with Crippen molar-refractivity contribution in [3.63, 3.8) is 0 Å². The third kappa shape index (κ3) is 5.05. The van der Waals surface area contributed by atoms with Gasteiger partial charge >= 0.3 is 0 Å². The molecule has 0 aliphatic carbocycles. The number of benzene rings is 1. The summed E-state index contributed by atoms with van der Waals surface area (Å²) in [6.45, 7) is 4.58. The van der Waals surface area contributed by atoms with Crippen molar-refractivity contribution in [2.75, 3.05) is 11.1 Å². The predicted molar refractivity (Wildman–Crippen MR) is 83.2 cm³/mol. The zero-order chi connectivity index (χ0) is 12.6. The normalized spacial score (nSPS) is 11.7. The maximum atomic E-state index is 3.74. The van der Waals surface area contributed by atoms with Crippen LogP contribution in [0.2, 0.25) is 0 Å². The van der Waals surface area contributed by atoms with E-state index in [1.165, 1.54) is 36.3 Å². The molecule has 0 bridgehead atoms. The van der Waals surface area contributed by atoms with Crippen LogP contribution in [0.3, 0.4) is 0 Å². The summed E-state index contributed by atoms with van der Waals surface area (Å²) in [6, 6.07) is 10.7. The minimum absolute atomic E-state index is 0.476. The van der Waals surface area contributed by atoms with Crippen molar-refractivity contribution in [3.8, 4) is 0 Å². The molecule has 0 heterocycles. The lowest BCUT2D eigenvalue weighted by Crippen LogP contribution is -2.25. The number of halogens is 1. The highest BCUT2D eigenvalue weighted by Crippen LogP contribution is 2.37. The van der Waals surface area contributed by atoms with Gasteiger partial charge in [-0.25, -0.2) is 0 Å². The Morgan fingerprint density at radius 3 is 2.12 bits per heavy atom. The molecule has 0 aliphatic heterocycles.